The van der Waals surface area contributed by atoms with Crippen molar-refractivity contribution < 1.29 is 4.42 Å². The summed E-state index contributed by atoms with van der Waals surface area (Å²) in [5.74, 6) is 1.92. The second kappa shape index (κ2) is 13.5. The lowest BCUT2D eigenvalue weighted by Crippen LogP contribution is -2.23. The Labute approximate surface area is 296 Å². The Bertz CT molecular complexity index is 1940. The van der Waals surface area contributed by atoms with E-state index in [1.165, 1.54) is 22.3 Å². The molecular weight excluding hydrogens is 708 g/mol. The quantitative estimate of drug-likeness (QED) is 0.163. The van der Waals surface area contributed by atoms with Crippen LogP contribution in [-0.2, 0) is 0 Å². The number of nitrogens with zero attached hydrogens (tertiary/aromatic N) is 2. The Kier molecular flexibility index (Phi) is 9.60. The molecule has 0 amide bonds. The van der Waals surface area contributed by atoms with Crippen LogP contribution in [0.1, 0.15) is 112 Å². The first-order valence-corrected chi connectivity index (χ1v) is 18.2. The van der Waals surface area contributed by atoms with E-state index in [1.54, 1.807) is 0 Å². The van der Waals surface area contributed by atoms with E-state index >= 15 is 0 Å². The summed E-state index contributed by atoms with van der Waals surface area (Å²) in [5.41, 5.74) is 13.7. The molecule has 0 N–H and O–H groups in total. The first-order chi connectivity index (χ1) is 22.5. The number of aliphatic imine (C=N–C) groups is 2. The molecule has 4 aromatic carbocycles. The van der Waals surface area contributed by atoms with Crippen molar-refractivity contribution in [1.29, 1.82) is 0 Å². The number of fused-ring (bicyclic) bond motifs is 3. The first kappa shape index (κ1) is 33.4. The van der Waals surface area contributed by atoms with Gasteiger partial charge in [-0.25, -0.2) is 9.98 Å². The fraction of sp³-hybridized carbons (Fsp3) is 0.286. The van der Waals surface area contributed by atoms with Gasteiger partial charge in [-0.05, 0) is 75.8 Å². The molecule has 0 saturated heterocycles. The smallest absolute Gasteiger partial charge is 0.144 e. The average molecular weight is 751 g/mol. The van der Waals surface area contributed by atoms with Crippen LogP contribution in [-0.4, -0.2) is 11.4 Å². The maximum Gasteiger partial charge on any atom is 0.144 e. The fourth-order valence-electron chi connectivity index (χ4n) is 6.50. The van der Waals surface area contributed by atoms with Crippen molar-refractivity contribution in [3.8, 4) is 22.5 Å². The molecule has 6 rings (SSSR count). The Hall–Kier alpha value is -3.54. The second-order valence-corrected chi connectivity index (χ2v) is 15.5. The summed E-state index contributed by atoms with van der Waals surface area (Å²) in [6, 6.07) is 27.8. The molecule has 5 heteroatoms. The SMILES string of the molecule is CC(C)c1cc(Br)cc(C(C)C)c1/N=C1/C(=N/c2c(C(C)C)cc(Br)cc2C(C)C)c2c(-c3ccccc3)coc2-c2ccccc21. The van der Waals surface area contributed by atoms with Crippen LogP contribution >= 0.6 is 31.9 Å². The maximum absolute atomic E-state index is 6.50. The van der Waals surface area contributed by atoms with Crippen LogP contribution in [0.2, 0.25) is 0 Å². The van der Waals surface area contributed by atoms with E-state index < -0.39 is 0 Å². The zero-order chi connectivity index (χ0) is 33.6. The molecule has 1 aromatic heterocycles. The Morgan fingerprint density at radius 1 is 0.511 bits per heavy atom. The molecular formula is C42H42Br2N2O. The molecule has 0 unspecified atom stereocenters. The van der Waals surface area contributed by atoms with Crippen molar-refractivity contribution in [2.75, 3.05) is 0 Å². The average Bonchev–Trinajstić information content (AvgIpc) is 3.49. The highest BCUT2D eigenvalue weighted by molar-refractivity contribution is 9.10. The van der Waals surface area contributed by atoms with Gasteiger partial charge in [0.1, 0.15) is 11.5 Å². The molecule has 1 aliphatic carbocycles. The fourth-order valence-corrected chi connectivity index (χ4v) is 7.49. The summed E-state index contributed by atoms with van der Waals surface area (Å²) in [4.78, 5) is 11.5. The van der Waals surface area contributed by atoms with Crippen LogP contribution < -0.4 is 0 Å². The molecule has 0 bridgehead atoms. The van der Waals surface area contributed by atoms with E-state index in [-0.39, 0.29) is 23.7 Å². The zero-order valence-corrected chi connectivity index (χ0v) is 31.6. The molecule has 0 atom stereocenters. The standard InChI is InChI=1S/C42H42Br2N2O/c1-23(2)32-18-28(43)19-33(24(3)4)38(32)45-40-30-16-12-13-17-31(30)42-37(36(22-47-42)27-14-10-9-11-15-27)41(40)46-39-34(25(5)6)20-29(44)21-35(39)26(7)8/h9-26H,1-8H3/b45-40+,46-41+. The molecule has 0 fully saturated rings. The molecule has 3 nitrogen and oxygen atoms in total. The van der Waals surface area contributed by atoms with Crippen LogP contribution in [0.3, 0.4) is 0 Å². The number of halogens is 2. The third-order valence-electron chi connectivity index (χ3n) is 8.97. The number of hydrogen-bond acceptors (Lipinski definition) is 3. The summed E-state index contributed by atoms with van der Waals surface area (Å²) >= 11 is 7.61. The summed E-state index contributed by atoms with van der Waals surface area (Å²) in [6.45, 7) is 17.9. The number of benzene rings is 4. The molecule has 47 heavy (non-hydrogen) atoms. The van der Waals surface area contributed by atoms with E-state index in [2.05, 4.69) is 160 Å². The van der Waals surface area contributed by atoms with Crippen molar-refractivity contribution in [3.63, 3.8) is 0 Å². The van der Waals surface area contributed by atoms with E-state index in [4.69, 9.17) is 14.4 Å². The predicted octanol–water partition coefficient (Wildman–Crippen LogP) is 13.9. The van der Waals surface area contributed by atoms with Gasteiger partial charge in [0.25, 0.3) is 0 Å². The highest BCUT2D eigenvalue weighted by Crippen LogP contribution is 2.46. The van der Waals surface area contributed by atoms with Crippen molar-refractivity contribution >= 4 is 54.7 Å². The van der Waals surface area contributed by atoms with Crippen LogP contribution in [0.25, 0.3) is 22.5 Å². The minimum Gasteiger partial charge on any atom is -0.463 e. The van der Waals surface area contributed by atoms with Crippen LogP contribution in [0.4, 0.5) is 11.4 Å². The van der Waals surface area contributed by atoms with Gasteiger partial charge in [0, 0.05) is 25.6 Å². The van der Waals surface area contributed by atoms with Gasteiger partial charge in [-0.3, -0.25) is 0 Å². The number of hydrogen-bond donors (Lipinski definition) is 0. The molecule has 1 aliphatic rings. The van der Waals surface area contributed by atoms with Crippen LogP contribution in [0.15, 0.2) is 108 Å². The van der Waals surface area contributed by atoms with Gasteiger partial charge in [-0.1, -0.05) is 142 Å². The minimum atomic E-state index is 0.268. The largest absolute Gasteiger partial charge is 0.463 e. The zero-order valence-electron chi connectivity index (χ0n) is 28.5. The molecule has 0 radical (unpaired) electrons. The van der Waals surface area contributed by atoms with Gasteiger partial charge in [0.05, 0.1) is 28.9 Å². The lowest BCUT2D eigenvalue weighted by atomic mass is 9.83. The molecule has 240 valence electrons. The minimum absolute atomic E-state index is 0.268. The van der Waals surface area contributed by atoms with Crippen molar-refractivity contribution in [2.24, 2.45) is 9.98 Å². The second-order valence-electron chi connectivity index (χ2n) is 13.7. The monoisotopic (exact) mass is 748 g/mol. The molecule has 0 saturated carbocycles. The molecule has 0 spiro atoms. The lowest BCUT2D eigenvalue weighted by molar-refractivity contribution is 0.582. The summed E-state index contributed by atoms with van der Waals surface area (Å²) < 4.78 is 8.65. The highest BCUT2D eigenvalue weighted by Gasteiger charge is 2.34. The third-order valence-corrected chi connectivity index (χ3v) is 9.88. The van der Waals surface area contributed by atoms with E-state index in [1.807, 2.05) is 12.3 Å². The van der Waals surface area contributed by atoms with Crippen molar-refractivity contribution in [3.05, 3.63) is 127 Å². The van der Waals surface area contributed by atoms with Gasteiger partial charge >= 0.3 is 0 Å². The Balaban J connectivity index is 1.79. The van der Waals surface area contributed by atoms with Gasteiger partial charge in [-0.15, -0.1) is 0 Å². The van der Waals surface area contributed by atoms with E-state index in [0.717, 1.165) is 65.3 Å². The topological polar surface area (TPSA) is 37.9 Å². The number of furan rings is 1. The van der Waals surface area contributed by atoms with Crippen LogP contribution in [0.5, 0.6) is 0 Å². The van der Waals surface area contributed by atoms with E-state index in [9.17, 15) is 0 Å². The third kappa shape index (κ3) is 6.37. The van der Waals surface area contributed by atoms with Gasteiger partial charge in [-0.2, -0.15) is 0 Å². The van der Waals surface area contributed by atoms with Crippen molar-refractivity contribution in [1.82, 2.24) is 0 Å². The lowest BCUT2D eigenvalue weighted by Gasteiger charge is -2.25. The van der Waals surface area contributed by atoms with Gasteiger partial charge in [0.2, 0.25) is 0 Å². The maximum atomic E-state index is 6.50. The normalized spacial score (nSPS) is 14.6. The summed E-state index contributed by atoms with van der Waals surface area (Å²) in [5, 5.41) is 0. The predicted molar refractivity (Wildman–Crippen MR) is 207 cm³/mol. The highest BCUT2D eigenvalue weighted by atomic mass is 79.9. The Morgan fingerprint density at radius 2 is 0.936 bits per heavy atom. The van der Waals surface area contributed by atoms with Gasteiger partial charge in [0.15, 0.2) is 0 Å². The number of rotatable bonds is 7. The van der Waals surface area contributed by atoms with Crippen molar-refractivity contribution in [2.45, 2.75) is 79.1 Å². The first-order valence-electron chi connectivity index (χ1n) is 16.6. The summed E-state index contributed by atoms with van der Waals surface area (Å²) in [6.07, 6.45) is 1.89. The Morgan fingerprint density at radius 3 is 1.40 bits per heavy atom. The van der Waals surface area contributed by atoms with Gasteiger partial charge < -0.3 is 4.42 Å². The molecule has 1 heterocycles. The molecule has 5 aromatic rings. The van der Waals surface area contributed by atoms with E-state index in [0.29, 0.717) is 0 Å². The summed E-state index contributed by atoms with van der Waals surface area (Å²) in [7, 11) is 0. The van der Waals surface area contributed by atoms with Crippen LogP contribution in [0, 0.1) is 0 Å². The molecule has 0 aliphatic heterocycles.